The molecular formula is C14H17N5O2S. The highest BCUT2D eigenvalue weighted by Gasteiger charge is 2.18. The van der Waals surface area contributed by atoms with Crippen molar-refractivity contribution in [3.05, 3.63) is 35.0 Å². The van der Waals surface area contributed by atoms with Gasteiger partial charge in [-0.3, -0.25) is 15.5 Å². The van der Waals surface area contributed by atoms with Crippen molar-refractivity contribution in [1.29, 1.82) is 0 Å². The molecule has 1 amide bonds. The number of amides is 1. The zero-order valence-corrected chi connectivity index (χ0v) is 13.3. The predicted molar refractivity (Wildman–Crippen MR) is 86.5 cm³/mol. The first kappa shape index (κ1) is 15.9. The summed E-state index contributed by atoms with van der Waals surface area (Å²) in [6, 6.07) is 9.21. The van der Waals surface area contributed by atoms with Gasteiger partial charge >= 0.3 is 6.09 Å². The zero-order valence-electron chi connectivity index (χ0n) is 12.5. The van der Waals surface area contributed by atoms with Crippen LogP contribution < -0.4 is 5.32 Å². The van der Waals surface area contributed by atoms with Gasteiger partial charge in [-0.15, -0.1) is 5.11 Å². The van der Waals surface area contributed by atoms with Gasteiger partial charge in [0.2, 0.25) is 0 Å². The second-order valence-corrected chi connectivity index (χ2v) is 5.87. The Morgan fingerprint density at radius 3 is 2.50 bits per heavy atom. The van der Waals surface area contributed by atoms with Crippen LogP contribution in [0.1, 0.15) is 20.8 Å². The van der Waals surface area contributed by atoms with Crippen molar-refractivity contribution in [3.63, 3.8) is 0 Å². The molecule has 7 nitrogen and oxygen atoms in total. The number of hydrogen-bond acceptors (Lipinski definition) is 5. The molecule has 1 heterocycles. The fourth-order valence-corrected chi connectivity index (χ4v) is 1.74. The van der Waals surface area contributed by atoms with Gasteiger partial charge in [-0.25, -0.2) is 4.79 Å². The lowest BCUT2D eigenvalue weighted by atomic mass is 10.2. The summed E-state index contributed by atoms with van der Waals surface area (Å²) >= 11 is 5.12. The normalized spacial score (nSPS) is 11.6. The van der Waals surface area contributed by atoms with Crippen molar-refractivity contribution in [2.24, 2.45) is 10.2 Å². The fourth-order valence-electron chi connectivity index (χ4n) is 1.55. The van der Waals surface area contributed by atoms with Crippen LogP contribution in [0.3, 0.4) is 0 Å². The number of rotatable bonds is 3. The Morgan fingerprint density at radius 2 is 1.86 bits per heavy atom. The zero-order chi connectivity index (χ0) is 16.2. The van der Waals surface area contributed by atoms with Crippen LogP contribution in [0.15, 0.2) is 40.6 Å². The summed E-state index contributed by atoms with van der Waals surface area (Å²) in [6.45, 7) is 5.34. The molecule has 0 radical (unpaired) electrons. The molecule has 0 bridgehead atoms. The largest absolute Gasteiger partial charge is 0.444 e. The molecule has 0 saturated heterocycles. The van der Waals surface area contributed by atoms with Gasteiger partial charge in [-0.2, -0.15) is 5.11 Å². The number of nitrogens with one attached hydrogen (secondary N) is 3. The van der Waals surface area contributed by atoms with E-state index in [0.29, 0.717) is 21.8 Å². The van der Waals surface area contributed by atoms with E-state index in [2.05, 4.69) is 25.7 Å². The summed E-state index contributed by atoms with van der Waals surface area (Å²) in [4.78, 5) is 11.8. The molecule has 8 heteroatoms. The maximum atomic E-state index is 11.8. The van der Waals surface area contributed by atoms with Crippen LogP contribution in [0.4, 0.5) is 22.0 Å². The fraction of sp³-hybridized carbons (Fsp3) is 0.286. The number of benzene rings is 1. The second-order valence-electron chi connectivity index (χ2n) is 5.47. The van der Waals surface area contributed by atoms with Crippen LogP contribution in [0, 0.1) is 4.64 Å². The smallest absolute Gasteiger partial charge is 0.413 e. The van der Waals surface area contributed by atoms with Crippen molar-refractivity contribution < 1.29 is 9.53 Å². The molecule has 0 aliphatic carbocycles. The van der Waals surface area contributed by atoms with E-state index in [1.54, 1.807) is 20.8 Å². The lowest BCUT2D eigenvalue weighted by Gasteiger charge is -2.19. The van der Waals surface area contributed by atoms with Crippen LogP contribution in [0.25, 0.3) is 0 Å². The van der Waals surface area contributed by atoms with Gasteiger partial charge in [0.05, 0.1) is 5.69 Å². The first-order valence-electron chi connectivity index (χ1n) is 6.62. The minimum absolute atomic E-state index is 0.305. The molecular weight excluding hydrogens is 302 g/mol. The predicted octanol–water partition coefficient (Wildman–Crippen LogP) is 4.83. The number of azo groups is 1. The van der Waals surface area contributed by atoms with Crippen LogP contribution >= 0.6 is 12.2 Å². The Hall–Kier alpha value is -2.48. The lowest BCUT2D eigenvalue weighted by molar-refractivity contribution is 0.0635. The summed E-state index contributed by atoms with van der Waals surface area (Å²) < 4.78 is 5.52. The minimum Gasteiger partial charge on any atom is -0.444 e. The van der Waals surface area contributed by atoms with Gasteiger partial charge < -0.3 is 4.74 Å². The van der Waals surface area contributed by atoms with Gasteiger partial charge in [0.15, 0.2) is 11.5 Å². The van der Waals surface area contributed by atoms with Gasteiger partial charge in [0.25, 0.3) is 0 Å². The number of aromatic nitrogens is 2. The van der Waals surface area contributed by atoms with Gasteiger partial charge in [0, 0.05) is 0 Å². The molecule has 0 aliphatic rings. The van der Waals surface area contributed by atoms with E-state index < -0.39 is 11.7 Å². The third-order valence-electron chi connectivity index (χ3n) is 2.40. The number of carbonyl (C=O) groups is 1. The highest BCUT2D eigenvalue weighted by molar-refractivity contribution is 7.71. The van der Waals surface area contributed by atoms with E-state index in [1.165, 1.54) is 0 Å². The molecule has 22 heavy (non-hydrogen) atoms. The maximum absolute atomic E-state index is 11.8. The molecule has 116 valence electrons. The van der Waals surface area contributed by atoms with E-state index in [9.17, 15) is 4.79 Å². The molecule has 2 aromatic rings. The van der Waals surface area contributed by atoms with Crippen molar-refractivity contribution in [3.8, 4) is 0 Å². The second kappa shape index (κ2) is 6.52. The molecule has 0 spiro atoms. The number of anilines is 1. The number of ether oxygens (including phenoxy) is 1. The van der Waals surface area contributed by atoms with E-state index in [-0.39, 0.29) is 0 Å². The van der Waals surface area contributed by atoms with Gasteiger partial charge in [0.1, 0.15) is 10.2 Å². The third kappa shape index (κ3) is 4.52. The quantitative estimate of drug-likeness (QED) is 0.558. The highest BCUT2D eigenvalue weighted by Crippen LogP contribution is 2.26. The Morgan fingerprint density at radius 1 is 1.18 bits per heavy atom. The number of hydrogen-bond donors (Lipinski definition) is 3. The summed E-state index contributed by atoms with van der Waals surface area (Å²) in [7, 11) is 0. The van der Waals surface area contributed by atoms with E-state index >= 15 is 0 Å². The monoisotopic (exact) mass is 319 g/mol. The van der Waals surface area contributed by atoms with Crippen molar-refractivity contribution in [2.45, 2.75) is 26.4 Å². The first-order valence-corrected chi connectivity index (χ1v) is 7.03. The summed E-state index contributed by atoms with van der Waals surface area (Å²) in [6.07, 6.45) is -0.603. The molecule has 0 atom stereocenters. The van der Waals surface area contributed by atoms with Gasteiger partial charge in [-0.05, 0) is 32.9 Å². The molecule has 0 saturated carbocycles. The molecule has 0 unspecified atom stereocenters. The van der Waals surface area contributed by atoms with Crippen LogP contribution in [0.5, 0.6) is 0 Å². The molecule has 1 aromatic carbocycles. The van der Waals surface area contributed by atoms with Crippen LogP contribution in [-0.2, 0) is 4.74 Å². The standard InChI is InChI=1S/C14H17N5O2S/c1-14(2,3)21-13(20)15-11-10(12(22)19-18-11)17-16-9-7-5-4-6-8-9/h4-8H,1-3H3,(H3,15,18,19,20,22). The molecule has 1 aromatic heterocycles. The Labute approximate surface area is 132 Å². The molecule has 0 aliphatic heterocycles. The van der Waals surface area contributed by atoms with E-state index in [0.717, 1.165) is 0 Å². The summed E-state index contributed by atoms with van der Waals surface area (Å²) in [5.41, 5.74) is 0.425. The number of nitrogens with zero attached hydrogens (tertiary/aromatic N) is 2. The van der Waals surface area contributed by atoms with Crippen LogP contribution in [-0.4, -0.2) is 21.9 Å². The van der Waals surface area contributed by atoms with E-state index in [4.69, 9.17) is 17.0 Å². The Balaban J connectivity index is 2.16. The molecule has 0 fully saturated rings. The Bertz CT molecular complexity index is 728. The topological polar surface area (TPSA) is 94.6 Å². The number of carbonyl (C=O) groups excluding carboxylic acids is 1. The van der Waals surface area contributed by atoms with Crippen molar-refractivity contribution >= 4 is 35.5 Å². The SMILES string of the molecule is CC(C)(C)OC(=O)Nc1[nH][nH]c(=S)c1N=Nc1ccccc1. The molecule has 2 rings (SSSR count). The summed E-state index contributed by atoms with van der Waals surface area (Å²) in [5.74, 6) is 0.305. The summed E-state index contributed by atoms with van der Waals surface area (Å²) in [5, 5.41) is 16.1. The average molecular weight is 319 g/mol. The Kier molecular flexibility index (Phi) is 4.71. The first-order chi connectivity index (χ1) is 10.3. The van der Waals surface area contributed by atoms with E-state index in [1.807, 2.05) is 30.3 Å². The van der Waals surface area contributed by atoms with Gasteiger partial charge in [-0.1, -0.05) is 30.4 Å². The minimum atomic E-state index is -0.603. The van der Waals surface area contributed by atoms with Crippen molar-refractivity contribution in [1.82, 2.24) is 10.2 Å². The number of aromatic amines is 2. The third-order valence-corrected chi connectivity index (χ3v) is 2.70. The number of H-pyrrole nitrogens is 2. The lowest BCUT2D eigenvalue weighted by Crippen LogP contribution is -2.27. The average Bonchev–Trinajstić information content (AvgIpc) is 2.76. The highest BCUT2D eigenvalue weighted by atomic mass is 32.1. The maximum Gasteiger partial charge on any atom is 0.413 e. The van der Waals surface area contributed by atoms with Crippen LogP contribution in [0.2, 0.25) is 0 Å². The molecule has 3 N–H and O–H groups in total. The van der Waals surface area contributed by atoms with Crippen molar-refractivity contribution in [2.75, 3.05) is 5.32 Å².